The summed E-state index contributed by atoms with van der Waals surface area (Å²) in [5.41, 5.74) is 13.0. The van der Waals surface area contributed by atoms with E-state index in [0.29, 0.717) is 11.5 Å². The maximum atomic E-state index is 6.59. The van der Waals surface area contributed by atoms with E-state index < -0.39 is 0 Å². The van der Waals surface area contributed by atoms with E-state index >= 15 is 0 Å². The Morgan fingerprint density at radius 2 is 1.31 bits per heavy atom. The number of pyridine rings is 1. The molecule has 6 nitrogen and oxygen atoms in total. The first-order valence-corrected chi connectivity index (χ1v) is 19.4. The first kappa shape index (κ1) is 37.4. The molecule has 10 aromatic rings. The van der Waals surface area contributed by atoms with Crippen LogP contribution in [0.25, 0.3) is 72.1 Å². The molecule has 0 atom stereocenters. The molecule has 58 heavy (non-hydrogen) atoms. The first-order valence-electron chi connectivity index (χ1n) is 19.4. The number of hydrogen-bond acceptors (Lipinski definition) is 3. The van der Waals surface area contributed by atoms with Crippen molar-refractivity contribution in [2.45, 2.75) is 47.0 Å². The number of rotatable bonds is 6. The minimum atomic E-state index is -0.0727. The molecule has 0 fully saturated rings. The Balaban J connectivity index is 0.00000436. The Morgan fingerprint density at radius 3 is 2.09 bits per heavy atom. The number of para-hydroxylation sites is 2. The van der Waals surface area contributed by atoms with E-state index in [-0.39, 0.29) is 26.5 Å². The van der Waals surface area contributed by atoms with Crippen molar-refractivity contribution in [3.05, 3.63) is 174 Å². The summed E-state index contributed by atoms with van der Waals surface area (Å²) in [5, 5.41) is 9.52. The number of ether oxygens (including phenoxy) is 1. The maximum absolute atomic E-state index is 6.59. The Hall–Kier alpha value is -6.23. The molecule has 0 bridgehead atoms. The van der Waals surface area contributed by atoms with Gasteiger partial charge in [-0.05, 0) is 90.3 Å². The average Bonchev–Trinajstić information content (AvgIpc) is 3.91. The minimum absolute atomic E-state index is 0. The molecule has 0 aliphatic carbocycles. The van der Waals surface area contributed by atoms with Crippen LogP contribution in [0.15, 0.2) is 140 Å². The Labute approximate surface area is 352 Å². The molecule has 0 radical (unpaired) electrons. The van der Waals surface area contributed by atoms with Crippen LogP contribution in [0.3, 0.4) is 0 Å². The SMILES string of the molecule is Cc1cc(C)c(-c2ccn(-c3[c-]c(Oc4[c-]c5c(cc4)c4ccc6c7ccccc7n(-c7ccccc7)c6c4n5-c4cc(C(C)(C)C)ccn4)ccc3)n2)c(C)c1.[Pt+2]. The normalized spacial score (nSPS) is 11.8. The molecule has 7 heteroatoms. The van der Waals surface area contributed by atoms with E-state index in [1.54, 1.807) is 0 Å². The monoisotopic (exact) mass is 934 g/mol. The maximum Gasteiger partial charge on any atom is 2.00 e. The number of hydrogen-bond donors (Lipinski definition) is 0. The van der Waals surface area contributed by atoms with Crippen LogP contribution in [0, 0.1) is 32.9 Å². The van der Waals surface area contributed by atoms with Crippen molar-refractivity contribution < 1.29 is 25.8 Å². The Kier molecular flexibility index (Phi) is 9.21. The summed E-state index contributed by atoms with van der Waals surface area (Å²) in [4.78, 5) is 5.03. The summed E-state index contributed by atoms with van der Waals surface area (Å²) >= 11 is 0. The van der Waals surface area contributed by atoms with E-state index in [4.69, 9.17) is 14.8 Å². The van der Waals surface area contributed by atoms with Gasteiger partial charge in [0.1, 0.15) is 5.82 Å². The zero-order valence-corrected chi connectivity index (χ0v) is 35.5. The summed E-state index contributed by atoms with van der Waals surface area (Å²) in [5.74, 6) is 1.99. The van der Waals surface area contributed by atoms with E-state index in [1.165, 1.54) is 33.0 Å². The molecule has 10 rings (SSSR count). The van der Waals surface area contributed by atoms with Crippen LogP contribution in [-0.4, -0.2) is 23.9 Å². The first-order chi connectivity index (χ1) is 27.6. The quantitative estimate of drug-likeness (QED) is 0.156. The molecule has 0 aliphatic rings. The van der Waals surface area contributed by atoms with Crippen LogP contribution in [-0.2, 0) is 26.5 Å². The standard InChI is InChI=1S/C51H41N5O.Pt/c1-32-27-33(2)48(34(3)28-32)44-24-26-54(53-44)37-15-12-16-38(30-37)57-39-19-20-41-43-22-21-42-40-17-10-11-18-45(40)55(36-13-8-7-9-14-36)49(42)50(43)56(46(41)31-39)47-29-35(23-25-52-47)51(4,5)6;/h7-29H,1-6H3;/q-2;+2. The van der Waals surface area contributed by atoms with Gasteiger partial charge >= 0.3 is 21.1 Å². The Bertz CT molecular complexity index is 3160. The zero-order chi connectivity index (χ0) is 39.0. The smallest absolute Gasteiger partial charge is 0.509 e. The van der Waals surface area contributed by atoms with Crippen molar-refractivity contribution in [1.29, 1.82) is 0 Å². The summed E-state index contributed by atoms with van der Waals surface area (Å²) < 4.78 is 13.1. The minimum Gasteiger partial charge on any atom is -0.509 e. The van der Waals surface area contributed by atoms with Gasteiger partial charge in [-0.25, -0.2) is 4.98 Å². The summed E-state index contributed by atoms with van der Waals surface area (Å²) in [7, 11) is 0. The summed E-state index contributed by atoms with van der Waals surface area (Å²) in [6, 6.07) is 51.7. The van der Waals surface area contributed by atoms with Crippen molar-refractivity contribution in [2.75, 3.05) is 0 Å². The van der Waals surface area contributed by atoms with Crippen molar-refractivity contribution in [3.63, 3.8) is 0 Å². The van der Waals surface area contributed by atoms with Gasteiger partial charge in [0, 0.05) is 45.9 Å². The molecule has 6 aromatic carbocycles. The topological polar surface area (TPSA) is 49.8 Å². The van der Waals surface area contributed by atoms with Crippen LogP contribution >= 0.6 is 0 Å². The average molecular weight is 935 g/mol. The van der Waals surface area contributed by atoms with Crippen molar-refractivity contribution in [1.82, 2.24) is 23.9 Å². The van der Waals surface area contributed by atoms with Crippen LogP contribution in [0.4, 0.5) is 0 Å². The number of aromatic nitrogens is 5. The van der Waals surface area contributed by atoms with Gasteiger partial charge in [-0.3, -0.25) is 4.68 Å². The predicted molar refractivity (Wildman–Crippen MR) is 233 cm³/mol. The number of aryl methyl sites for hydroxylation is 3. The van der Waals surface area contributed by atoms with Gasteiger partial charge in [0.2, 0.25) is 0 Å². The third-order valence-electron chi connectivity index (χ3n) is 11.0. The van der Waals surface area contributed by atoms with Crippen molar-refractivity contribution >= 4 is 43.6 Å². The van der Waals surface area contributed by atoms with Crippen LogP contribution in [0.2, 0.25) is 0 Å². The van der Waals surface area contributed by atoms with Crippen LogP contribution < -0.4 is 4.74 Å². The molecule has 0 unspecified atom stereocenters. The molecule has 4 aromatic heterocycles. The number of fused-ring (bicyclic) bond motifs is 7. The zero-order valence-electron chi connectivity index (χ0n) is 33.2. The largest absolute Gasteiger partial charge is 2.00 e. The molecule has 0 amide bonds. The van der Waals surface area contributed by atoms with Crippen LogP contribution in [0.1, 0.15) is 43.0 Å². The van der Waals surface area contributed by atoms with Crippen molar-refractivity contribution in [3.8, 4) is 39.9 Å². The van der Waals surface area contributed by atoms with E-state index in [0.717, 1.165) is 61.3 Å². The fourth-order valence-electron chi connectivity index (χ4n) is 8.52. The van der Waals surface area contributed by atoms with Gasteiger partial charge in [-0.15, -0.1) is 35.7 Å². The number of benzene rings is 6. The van der Waals surface area contributed by atoms with Gasteiger partial charge in [-0.2, -0.15) is 17.2 Å². The van der Waals surface area contributed by atoms with Crippen molar-refractivity contribution in [2.24, 2.45) is 0 Å². The molecule has 0 aliphatic heterocycles. The molecular weight excluding hydrogens is 894 g/mol. The fourth-order valence-corrected chi connectivity index (χ4v) is 8.52. The van der Waals surface area contributed by atoms with Gasteiger partial charge < -0.3 is 13.9 Å². The predicted octanol–water partition coefficient (Wildman–Crippen LogP) is 12.7. The fraction of sp³-hybridized carbons (Fsp3) is 0.137. The van der Waals surface area contributed by atoms with Crippen LogP contribution in [0.5, 0.6) is 11.5 Å². The van der Waals surface area contributed by atoms with E-state index in [2.05, 4.69) is 166 Å². The van der Waals surface area contributed by atoms with Gasteiger partial charge in [0.15, 0.2) is 0 Å². The molecule has 0 spiro atoms. The van der Waals surface area contributed by atoms with Gasteiger partial charge in [0.05, 0.1) is 22.2 Å². The van der Waals surface area contributed by atoms with Gasteiger partial charge in [-0.1, -0.05) is 92.5 Å². The molecule has 0 saturated heterocycles. The second kappa shape index (κ2) is 14.3. The van der Waals surface area contributed by atoms with Gasteiger partial charge in [0.25, 0.3) is 0 Å². The third kappa shape index (κ3) is 6.24. The molecule has 0 N–H and O–H groups in total. The van der Waals surface area contributed by atoms with E-state index in [1.807, 2.05) is 41.3 Å². The third-order valence-corrected chi connectivity index (χ3v) is 11.0. The Morgan fingerprint density at radius 1 is 0.621 bits per heavy atom. The molecule has 0 saturated carbocycles. The summed E-state index contributed by atoms with van der Waals surface area (Å²) in [6.07, 6.45) is 3.90. The van der Waals surface area contributed by atoms with E-state index in [9.17, 15) is 0 Å². The number of nitrogens with zero attached hydrogens (tertiary/aromatic N) is 5. The molecule has 4 heterocycles. The summed E-state index contributed by atoms with van der Waals surface area (Å²) in [6.45, 7) is 13.1. The second-order valence-electron chi connectivity index (χ2n) is 16.0. The second-order valence-corrected chi connectivity index (χ2v) is 16.0. The molecule has 286 valence electrons. The molecular formula is C51H41N5OPt.